The van der Waals surface area contributed by atoms with Gasteiger partial charge in [-0.2, -0.15) is 0 Å². The minimum Gasteiger partial charge on any atom is -0.312 e. The monoisotopic (exact) mass is 312 g/mol. The number of carbonyl (C=O) groups is 3. The topological polar surface area (TPSA) is 86.7 Å². The van der Waals surface area contributed by atoms with Crippen LogP contribution in [0.3, 0.4) is 0 Å². The lowest BCUT2D eigenvalue weighted by Crippen LogP contribution is -2.32. The molecule has 0 fully saturated rings. The van der Waals surface area contributed by atoms with Gasteiger partial charge in [-0.25, -0.2) is 0 Å². The molecule has 0 N–H and O–H groups in total. The van der Waals surface area contributed by atoms with Crippen molar-refractivity contribution in [1.29, 1.82) is 0 Å². The van der Waals surface area contributed by atoms with E-state index in [2.05, 4.69) is 9.05 Å². The summed E-state index contributed by atoms with van der Waals surface area (Å²) >= 11 is 0. The molecule has 1 rings (SSSR count). The first-order valence-corrected chi connectivity index (χ1v) is 7.90. The number of Topliss-reactive ketones (excluding diaryl/α,β-unsaturated/α-hetero) is 3. The lowest BCUT2D eigenvalue weighted by molar-refractivity contribution is -0.128. The lowest BCUT2D eigenvalue weighted by atomic mass is 9.91. The molecule has 0 aliphatic heterocycles. The van der Waals surface area contributed by atoms with Crippen LogP contribution in [-0.2, 0) is 23.2 Å². The van der Waals surface area contributed by atoms with Crippen molar-refractivity contribution in [2.75, 3.05) is 20.4 Å². The molecule has 21 heavy (non-hydrogen) atoms. The highest BCUT2D eigenvalue weighted by Gasteiger charge is 2.36. The van der Waals surface area contributed by atoms with E-state index in [9.17, 15) is 18.9 Å². The fourth-order valence-electron chi connectivity index (χ4n) is 1.81. The van der Waals surface area contributed by atoms with Crippen LogP contribution in [0.1, 0.15) is 17.3 Å². The normalized spacial score (nSPS) is 12.7. The third-order valence-corrected chi connectivity index (χ3v) is 4.77. The van der Waals surface area contributed by atoms with E-state index in [0.717, 1.165) is 21.1 Å². The fourth-order valence-corrected chi connectivity index (χ4v) is 2.78. The molecule has 0 aliphatic carbocycles. The largest absolute Gasteiger partial charge is 0.337 e. The second-order valence-electron chi connectivity index (χ2n) is 4.37. The second kappa shape index (κ2) is 7.41. The quantitative estimate of drug-likeness (QED) is 0.415. The van der Waals surface area contributed by atoms with Crippen molar-refractivity contribution < 1.29 is 28.0 Å². The molecule has 0 heterocycles. The van der Waals surface area contributed by atoms with E-state index in [0.29, 0.717) is 0 Å². The predicted octanol–water partition coefficient (Wildman–Crippen LogP) is 2.13. The van der Waals surface area contributed by atoms with Gasteiger partial charge in [0.05, 0.1) is 0 Å². The van der Waals surface area contributed by atoms with Gasteiger partial charge >= 0.3 is 7.60 Å². The maximum atomic E-state index is 12.3. The summed E-state index contributed by atoms with van der Waals surface area (Å²) in [6.07, 6.45) is -0.622. The molecule has 114 valence electrons. The molecule has 0 bridgehead atoms. The molecule has 7 heteroatoms. The van der Waals surface area contributed by atoms with Crippen LogP contribution in [0, 0.1) is 5.92 Å². The predicted molar refractivity (Wildman–Crippen MR) is 76.4 cm³/mol. The molecular formula is C14H17O6P. The summed E-state index contributed by atoms with van der Waals surface area (Å²) in [5.41, 5.74) is 0.246. The first kappa shape index (κ1) is 17.4. The Hall–Kier alpha value is -1.62. The Morgan fingerprint density at radius 2 is 1.62 bits per heavy atom. The average Bonchev–Trinajstić information content (AvgIpc) is 2.47. The van der Waals surface area contributed by atoms with Gasteiger partial charge in [0.2, 0.25) is 0 Å². The van der Waals surface area contributed by atoms with E-state index in [1.807, 2.05) is 0 Å². The van der Waals surface area contributed by atoms with E-state index < -0.39 is 37.0 Å². The molecule has 0 amide bonds. The summed E-state index contributed by atoms with van der Waals surface area (Å²) in [7, 11) is -1.34. The van der Waals surface area contributed by atoms with Crippen molar-refractivity contribution in [2.45, 2.75) is 6.92 Å². The number of hydrogen-bond donors (Lipinski definition) is 0. The van der Waals surface area contributed by atoms with Crippen LogP contribution in [0.2, 0.25) is 0 Å². The van der Waals surface area contributed by atoms with Gasteiger partial charge < -0.3 is 9.05 Å². The molecule has 0 radical (unpaired) electrons. The maximum absolute atomic E-state index is 12.3. The van der Waals surface area contributed by atoms with Crippen molar-refractivity contribution in [3.8, 4) is 0 Å². The summed E-state index contributed by atoms with van der Waals surface area (Å²) in [6, 6.07) is 8.00. The molecule has 1 aromatic rings. The Morgan fingerprint density at radius 1 is 1.10 bits per heavy atom. The number of hydrogen-bond acceptors (Lipinski definition) is 6. The minimum absolute atomic E-state index is 0.246. The standard InChI is InChI=1S/C14H17O6P/c1-10(15)13(12(16)9-21(18,19-2)20-3)14(17)11-7-5-4-6-8-11/h4-8,13H,9H2,1-3H3. The van der Waals surface area contributed by atoms with E-state index in [1.165, 1.54) is 12.1 Å². The van der Waals surface area contributed by atoms with Crippen molar-refractivity contribution in [1.82, 2.24) is 0 Å². The summed E-state index contributed by atoms with van der Waals surface area (Å²) in [6.45, 7) is 1.15. The third kappa shape index (κ3) is 4.43. The van der Waals surface area contributed by atoms with Crippen molar-refractivity contribution in [3.63, 3.8) is 0 Å². The zero-order chi connectivity index (χ0) is 16.0. The second-order valence-corrected chi connectivity index (χ2v) is 6.64. The highest BCUT2D eigenvalue weighted by molar-refractivity contribution is 7.54. The van der Waals surface area contributed by atoms with Gasteiger partial charge in [0.25, 0.3) is 0 Å². The molecule has 0 saturated heterocycles. The minimum atomic E-state index is -3.62. The third-order valence-electron chi connectivity index (χ3n) is 2.95. The van der Waals surface area contributed by atoms with E-state index >= 15 is 0 Å². The first-order chi connectivity index (χ1) is 9.84. The van der Waals surface area contributed by atoms with Crippen LogP contribution in [0.5, 0.6) is 0 Å². The van der Waals surface area contributed by atoms with E-state index in [4.69, 9.17) is 0 Å². The van der Waals surface area contributed by atoms with Crippen LogP contribution >= 0.6 is 7.60 Å². The fraction of sp³-hybridized carbons (Fsp3) is 0.357. The summed E-state index contributed by atoms with van der Waals surface area (Å²) in [4.78, 5) is 36.1. The Labute approximate surface area is 123 Å². The highest BCUT2D eigenvalue weighted by atomic mass is 31.2. The Kier molecular flexibility index (Phi) is 6.15. The van der Waals surface area contributed by atoms with Gasteiger partial charge in [0.15, 0.2) is 11.6 Å². The molecule has 1 atom stereocenters. The van der Waals surface area contributed by atoms with Crippen LogP contribution in [0.25, 0.3) is 0 Å². The molecule has 1 unspecified atom stereocenters. The Bertz CT molecular complexity index is 572. The van der Waals surface area contributed by atoms with Gasteiger partial charge in [-0.1, -0.05) is 30.3 Å². The SMILES string of the molecule is COP(=O)(CC(=O)C(C(C)=O)C(=O)c1ccccc1)OC. The van der Waals surface area contributed by atoms with Crippen LogP contribution in [0.4, 0.5) is 0 Å². The van der Waals surface area contributed by atoms with E-state index in [-0.39, 0.29) is 5.56 Å². The molecule has 0 aromatic heterocycles. The highest BCUT2D eigenvalue weighted by Crippen LogP contribution is 2.46. The molecular weight excluding hydrogens is 295 g/mol. The smallest absolute Gasteiger partial charge is 0.312 e. The summed E-state index contributed by atoms with van der Waals surface area (Å²) in [5, 5.41) is 0. The average molecular weight is 312 g/mol. The van der Waals surface area contributed by atoms with Crippen LogP contribution in [0.15, 0.2) is 30.3 Å². The first-order valence-electron chi connectivity index (χ1n) is 6.17. The maximum Gasteiger partial charge on any atom is 0.337 e. The van der Waals surface area contributed by atoms with Crippen molar-refractivity contribution in [3.05, 3.63) is 35.9 Å². The van der Waals surface area contributed by atoms with Gasteiger partial charge in [0, 0.05) is 19.8 Å². The van der Waals surface area contributed by atoms with Crippen molar-refractivity contribution in [2.24, 2.45) is 5.92 Å². The molecule has 6 nitrogen and oxygen atoms in total. The molecule has 0 spiro atoms. The summed E-state index contributed by atoms with van der Waals surface area (Å²) in [5.74, 6) is -3.49. The number of carbonyl (C=O) groups excluding carboxylic acids is 3. The van der Waals surface area contributed by atoms with Crippen molar-refractivity contribution >= 4 is 24.9 Å². The lowest BCUT2D eigenvalue weighted by Gasteiger charge is -2.16. The van der Waals surface area contributed by atoms with Gasteiger partial charge in [-0.3, -0.25) is 18.9 Å². The van der Waals surface area contributed by atoms with Crippen LogP contribution in [-0.4, -0.2) is 37.7 Å². The molecule has 1 aromatic carbocycles. The Balaban J connectivity index is 3.03. The number of benzene rings is 1. The summed E-state index contributed by atoms with van der Waals surface area (Å²) < 4.78 is 21.3. The number of ketones is 3. The van der Waals surface area contributed by atoms with Crippen LogP contribution < -0.4 is 0 Å². The number of rotatable bonds is 8. The zero-order valence-electron chi connectivity index (χ0n) is 12.1. The molecule has 0 saturated carbocycles. The van der Waals surface area contributed by atoms with Gasteiger partial charge in [0.1, 0.15) is 17.9 Å². The zero-order valence-corrected chi connectivity index (χ0v) is 13.0. The molecule has 0 aliphatic rings. The van der Waals surface area contributed by atoms with Gasteiger partial charge in [-0.15, -0.1) is 0 Å². The Morgan fingerprint density at radius 3 is 2.05 bits per heavy atom. The van der Waals surface area contributed by atoms with E-state index in [1.54, 1.807) is 18.2 Å². The van der Waals surface area contributed by atoms with Gasteiger partial charge in [-0.05, 0) is 6.92 Å².